The third-order valence-electron chi connectivity index (χ3n) is 5.77. The van der Waals surface area contributed by atoms with Crippen molar-refractivity contribution >= 4 is 7.60 Å². The average molecular weight is 475 g/mol. The van der Waals surface area contributed by atoms with Gasteiger partial charge in [0.2, 0.25) is 5.34 Å². The Balaban J connectivity index is 3.70. The highest BCUT2D eigenvalue weighted by atomic mass is 31.2. The molecule has 1 unspecified atom stereocenters. The van der Waals surface area contributed by atoms with Crippen LogP contribution in [0.25, 0.3) is 0 Å². The molecule has 0 fully saturated rings. The predicted molar refractivity (Wildman–Crippen MR) is 138 cm³/mol. The Kier molecular flexibility index (Phi) is 17.7. The van der Waals surface area contributed by atoms with Crippen molar-refractivity contribution in [1.82, 2.24) is 0 Å². The van der Waals surface area contributed by atoms with Crippen molar-refractivity contribution in [3.8, 4) is 0 Å². The number of likely N-dealkylation sites (N-methyl/N-ethyl adjacent to an activating group) is 1. The van der Waals surface area contributed by atoms with Gasteiger partial charge in [0.25, 0.3) is 0 Å². The fourth-order valence-electron chi connectivity index (χ4n) is 3.97. The first-order valence-corrected chi connectivity index (χ1v) is 14.5. The monoisotopic (exact) mass is 474 g/mol. The molecule has 190 valence electrons. The highest BCUT2D eigenvalue weighted by Gasteiger charge is 2.48. The zero-order valence-corrected chi connectivity index (χ0v) is 22.4. The molecule has 0 bridgehead atoms. The predicted octanol–water partition coefficient (Wildman–Crippen LogP) is 6.93. The molecule has 0 aliphatic carbocycles. The van der Waals surface area contributed by atoms with E-state index in [1.165, 1.54) is 51.4 Å². The van der Waals surface area contributed by atoms with E-state index >= 15 is 0 Å². The Morgan fingerprint density at radius 1 is 0.688 bits per heavy atom. The smallest absolute Gasteiger partial charge is 0.362 e. The van der Waals surface area contributed by atoms with E-state index in [1.54, 1.807) is 0 Å². The van der Waals surface area contributed by atoms with Gasteiger partial charge in [-0.15, -0.1) is 0 Å². The van der Waals surface area contributed by atoms with E-state index in [1.807, 2.05) is 21.1 Å². The summed E-state index contributed by atoms with van der Waals surface area (Å²) in [5.74, 6) is 0. The lowest BCUT2D eigenvalue weighted by Gasteiger charge is -2.35. The van der Waals surface area contributed by atoms with Gasteiger partial charge in [0.15, 0.2) is 0 Å². The Labute approximate surface area is 198 Å². The maximum atomic E-state index is 11.8. The van der Waals surface area contributed by atoms with Gasteiger partial charge in [-0.3, -0.25) is 4.57 Å². The number of quaternary nitrogens is 1. The molecule has 0 radical (unpaired) electrons. The summed E-state index contributed by atoms with van der Waals surface area (Å²) in [6, 6.07) is 0. The summed E-state index contributed by atoms with van der Waals surface area (Å²) in [5, 5.41) is 8.61. The Morgan fingerprint density at radius 3 is 1.53 bits per heavy atom. The first-order chi connectivity index (χ1) is 15.0. The summed E-state index contributed by atoms with van der Waals surface area (Å²) in [6.45, 7) is 2.31. The van der Waals surface area contributed by atoms with Gasteiger partial charge in [0.1, 0.15) is 6.54 Å². The van der Waals surface area contributed by atoms with Crippen LogP contribution in [0, 0.1) is 0 Å². The van der Waals surface area contributed by atoms with Gasteiger partial charge in [-0.2, -0.15) is 0 Å². The number of rotatable bonds is 21. The van der Waals surface area contributed by atoms with E-state index in [0.29, 0.717) is 10.9 Å². The summed E-state index contributed by atoms with van der Waals surface area (Å²) in [6.07, 6.45) is 26.9. The minimum absolute atomic E-state index is 0.0499. The van der Waals surface area contributed by atoms with Crippen molar-refractivity contribution in [3.63, 3.8) is 0 Å². The lowest BCUT2D eigenvalue weighted by Crippen LogP contribution is -2.49. The van der Waals surface area contributed by atoms with Crippen molar-refractivity contribution < 1.29 is 23.9 Å². The van der Waals surface area contributed by atoms with E-state index in [2.05, 4.69) is 31.2 Å². The summed E-state index contributed by atoms with van der Waals surface area (Å²) in [7, 11) is 0.945. The van der Waals surface area contributed by atoms with Gasteiger partial charge in [-0.05, 0) is 57.8 Å². The molecular weight excluding hydrogens is 421 g/mol. The van der Waals surface area contributed by atoms with Crippen LogP contribution in [0.15, 0.2) is 24.3 Å². The lowest BCUT2D eigenvalue weighted by atomic mass is 10.1. The van der Waals surface area contributed by atoms with Crippen LogP contribution in [0.5, 0.6) is 0 Å². The molecule has 0 aromatic carbocycles. The van der Waals surface area contributed by atoms with Gasteiger partial charge in [0, 0.05) is 0 Å². The second kappa shape index (κ2) is 18.0. The van der Waals surface area contributed by atoms with Gasteiger partial charge >= 0.3 is 7.60 Å². The normalized spacial score (nSPS) is 15.1. The SMILES string of the molecule is CCCCCCCC/C=C\CCC/C=C\CCCCCCC(O)(C[N+](C)(C)C)P(=O)(O)O. The minimum atomic E-state index is -4.55. The highest BCUT2D eigenvalue weighted by Crippen LogP contribution is 2.52. The van der Waals surface area contributed by atoms with Gasteiger partial charge in [0.05, 0.1) is 21.1 Å². The molecule has 0 aliphatic rings. The van der Waals surface area contributed by atoms with Gasteiger partial charge < -0.3 is 19.4 Å². The van der Waals surface area contributed by atoms with Crippen LogP contribution in [0.3, 0.4) is 0 Å². The third kappa shape index (κ3) is 18.0. The molecule has 0 aromatic rings. The molecule has 1 atom stereocenters. The van der Waals surface area contributed by atoms with Crippen molar-refractivity contribution in [2.45, 2.75) is 115 Å². The van der Waals surface area contributed by atoms with Crippen molar-refractivity contribution in [1.29, 1.82) is 0 Å². The maximum Gasteiger partial charge on any atom is 0.362 e. The van der Waals surface area contributed by atoms with Crippen LogP contribution < -0.4 is 0 Å². The fraction of sp³-hybridized carbons (Fsp3) is 0.846. The molecule has 0 saturated heterocycles. The molecular formula is C26H53NO4P+. The van der Waals surface area contributed by atoms with Crippen molar-refractivity contribution in [3.05, 3.63) is 24.3 Å². The molecule has 6 heteroatoms. The molecule has 0 amide bonds. The number of hydrogen-bond acceptors (Lipinski definition) is 2. The molecule has 5 nitrogen and oxygen atoms in total. The molecule has 0 spiro atoms. The molecule has 0 aliphatic heterocycles. The Hall–Kier alpha value is -0.450. The molecule has 32 heavy (non-hydrogen) atoms. The molecule has 3 N–H and O–H groups in total. The summed E-state index contributed by atoms with van der Waals surface area (Å²) in [5.41, 5.74) is 0. The number of allylic oxidation sites excluding steroid dienone is 4. The number of nitrogens with zero attached hydrogens (tertiary/aromatic N) is 1. The molecule has 0 saturated carbocycles. The first kappa shape index (κ1) is 31.6. The van der Waals surface area contributed by atoms with E-state index < -0.39 is 12.9 Å². The van der Waals surface area contributed by atoms with E-state index in [9.17, 15) is 19.5 Å². The molecule has 0 heterocycles. The minimum Gasteiger partial charge on any atom is -0.373 e. The summed E-state index contributed by atoms with van der Waals surface area (Å²) < 4.78 is 12.1. The summed E-state index contributed by atoms with van der Waals surface area (Å²) >= 11 is 0. The zero-order chi connectivity index (χ0) is 24.3. The maximum absolute atomic E-state index is 11.8. The third-order valence-corrected chi connectivity index (χ3v) is 7.22. The van der Waals surface area contributed by atoms with Crippen LogP contribution >= 0.6 is 7.60 Å². The van der Waals surface area contributed by atoms with Crippen LogP contribution in [0.1, 0.15) is 110 Å². The lowest BCUT2D eigenvalue weighted by molar-refractivity contribution is -0.875. The Morgan fingerprint density at radius 2 is 1.09 bits per heavy atom. The van der Waals surface area contributed by atoms with Gasteiger partial charge in [-0.1, -0.05) is 76.2 Å². The van der Waals surface area contributed by atoms with Crippen molar-refractivity contribution in [2.24, 2.45) is 0 Å². The average Bonchev–Trinajstić information content (AvgIpc) is 2.67. The summed E-state index contributed by atoms with van der Waals surface area (Å²) in [4.78, 5) is 19.2. The van der Waals surface area contributed by atoms with E-state index in [0.717, 1.165) is 38.5 Å². The quantitative estimate of drug-likeness (QED) is 0.0729. The van der Waals surface area contributed by atoms with E-state index in [-0.39, 0.29) is 13.0 Å². The standard InChI is InChI=1S/C26H52NO4P/c1-5-6-7-8-9-10-11-12-13-14-15-16-17-18-19-20-21-22-23-24-26(28,32(29,30)31)25-27(2,3)4/h12-13,17-18,28H,5-11,14-16,19-25H2,1-4H3,(H-,29,30,31)/p+1/b13-12-,18-17-. The second-order valence-electron chi connectivity index (χ2n) is 10.4. The van der Waals surface area contributed by atoms with Crippen LogP contribution in [0.4, 0.5) is 0 Å². The number of aliphatic hydroxyl groups is 1. The van der Waals surface area contributed by atoms with Crippen LogP contribution in [-0.2, 0) is 4.57 Å². The first-order valence-electron chi connectivity index (χ1n) is 12.9. The van der Waals surface area contributed by atoms with Gasteiger partial charge in [-0.25, -0.2) is 0 Å². The number of unbranched alkanes of at least 4 members (excludes halogenated alkanes) is 12. The van der Waals surface area contributed by atoms with E-state index in [4.69, 9.17) is 0 Å². The van der Waals surface area contributed by atoms with Crippen molar-refractivity contribution in [2.75, 3.05) is 27.7 Å². The largest absolute Gasteiger partial charge is 0.373 e. The fourth-order valence-corrected chi connectivity index (χ4v) is 5.03. The van der Waals surface area contributed by atoms with Crippen LogP contribution in [-0.4, -0.2) is 52.4 Å². The second-order valence-corrected chi connectivity index (χ2v) is 12.3. The number of hydrogen-bond donors (Lipinski definition) is 3. The molecule has 0 rings (SSSR count). The topological polar surface area (TPSA) is 77.8 Å². The zero-order valence-electron chi connectivity index (χ0n) is 21.5. The highest BCUT2D eigenvalue weighted by molar-refractivity contribution is 7.53. The molecule has 0 aromatic heterocycles. The van der Waals surface area contributed by atoms with Crippen LogP contribution in [0.2, 0.25) is 0 Å². The Bertz CT molecular complexity index is 551.